The molecule has 1 atom stereocenters. The van der Waals surface area contributed by atoms with E-state index in [1.54, 1.807) is 18.0 Å². The smallest absolute Gasteiger partial charge is 0.166 e. The molecule has 0 spiro atoms. The molecule has 0 fully saturated rings. The van der Waals surface area contributed by atoms with Gasteiger partial charge in [0, 0.05) is 26.8 Å². The van der Waals surface area contributed by atoms with E-state index < -0.39 is 0 Å². The number of ketones is 1. The Morgan fingerprint density at radius 1 is 1.56 bits per heavy atom. The highest BCUT2D eigenvalue weighted by Gasteiger charge is 2.30. The molecule has 1 rings (SSSR count). The van der Waals surface area contributed by atoms with E-state index in [-0.39, 0.29) is 17.3 Å². The van der Waals surface area contributed by atoms with E-state index in [1.165, 1.54) is 0 Å². The summed E-state index contributed by atoms with van der Waals surface area (Å²) < 4.78 is 6.97. The van der Waals surface area contributed by atoms with Gasteiger partial charge in [0.2, 0.25) is 0 Å². The summed E-state index contributed by atoms with van der Waals surface area (Å²) in [5, 5.41) is 4.04. The van der Waals surface area contributed by atoms with E-state index in [1.807, 2.05) is 34.0 Å². The number of rotatable bonds is 4. The maximum atomic E-state index is 12.0. The molecule has 0 aliphatic rings. The van der Waals surface area contributed by atoms with Gasteiger partial charge in [-0.05, 0) is 11.0 Å². The largest absolute Gasteiger partial charge is 0.373 e. The lowest BCUT2D eigenvalue weighted by atomic mass is 9.85. The van der Waals surface area contributed by atoms with E-state index in [9.17, 15) is 4.79 Å². The van der Waals surface area contributed by atoms with Gasteiger partial charge in [-0.25, -0.2) is 0 Å². The molecule has 0 saturated heterocycles. The molecule has 0 radical (unpaired) electrons. The monoisotopic (exact) mass is 224 g/mol. The normalized spacial score (nSPS) is 13.8. The lowest BCUT2D eigenvalue weighted by Gasteiger charge is -2.27. The Morgan fingerprint density at radius 3 is 2.56 bits per heavy atom. The van der Waals surface area contributed by atoms with E-state index in [0.29, 0.717) is 6.42 Å². The van der Waals surface area contributed by atoms with Crippen LogP contribution in [0.2, 0.25) is 0 Å². The third-order valence-corrected chi connectivity index (χ3v) is 2.45. The maximum absolute atomic E-state index is 12.0. The molecule has 1 aromatic rings. The molecule has 90 valence electrons. The molecule has 1 aromatic heterocycles. The fourth-order valence-electron chi connectivity index (χ4n) is 1.83. The number of ether oxygens (including phenoxy) is 1. The van der Waals surface area contributed by atoms with Crippen molar-refractivity contribution in [3.8, 4) is 0 Å². The highest BCUT2D eigenvalue weighted by atomic mass is 16.5. The van der Waals surface area contributed by atoms with Crippen LogP contribution in [0, 0.1) is 5.41 Å². The van der Waals surface area contributed by atoms with Gasteiger partial charge < -0.3 is 4.74 Å². The van der Waals surface area contributed by atoms with Crippen LogP contribution < -0.4 is 0 Å². The summed E-state index contributed by atoms with van der Waals surface area (Å²) in [5.41, 5.74) is 0.757. The second-order valence-corrected chi connectivity index (χ2v) is 5.15. The van der Waals surface area contributed by atoms with Gasteiger partial charge >= 0.3 is 0 Å². The van der Waals surface area contributed by atoms with E-state index in [2.05, 4.69) is 5.10 Å². The van der Waals surface area contributed by atoms with Crippen molar-refractivity contribution in [3.05, 3.63) is 18.0 Å². The van der Waals surface area contributed by atoms with E-state index in [0.717, 1.165) is 5.56 Å². The highest BCUT2D eigenvalue weighted by Crippen LogP contribution is 2.23. The van der Waals surface area contributed by atoms with Crippen molar-refractivity contribution in [2.24, 2.45) is 12.5 Å². The molecule has 0 amide bonds. The number of nitrogens with zero attached hydrogens (tertiary/aromatic N) is 2. The number of aromatic nitrogens is 2. The van der Waals surface area contributed by atoms with Crippen molar-refractivity contribution in [2.45, 2.75) is 33.3 Å². The van der Waals surface area contributed by atoms with Crippen molar-refractivity contribution < 1.29 is 9.53 Å². The molecular formula is C12H20N2O2. The quantitative estimate of drug-likeness (QED) is 0.780. The van der Waals surface area contributed by atoms with E-state index >= 15 is 0 Å². The van der Waals surface area contributed by atoms with Gasteiger partial charge in [0.05, 0.1) is 6.20 Å². The maximum Gasteiger partial charge on any atom is 0.166 e. The molecule has 0 aromatic carbocycles. The Bertz CT molecular complexity index is 363. The Morgan fingerprint density at radius 2 is 2.19 bits per heavy atom. The first-order valence-corrected chi connectivity index (χ1v) is 5.37. The minimum absolute atomic E-state index is 0.100. The van der Waals surface area contributed by atoms with Gasteiger partial charge in [-0.1, -0.05) is 20.8 Å². The highest BCUT2D eigenvalue weighted by molar-refractivity contribution is 5.85. The van der Waals surface area contributed by atoms with Crippen LogP contribution >= 0.6 is 0 Å². The van der Waals surface area contributed by atoms with Crippen molar-refractivity contribution in [1.82, 2.24) is 9.78 Å². The summed E-state index contributed by atoms with van der Waals surface area (Å²) in [7, 11) is 3.42. The van der Waals surface area contributed by atoms with Crippen molar-refractivity contribution >= 4 is 5.78 Å². The van der Waals surface area contributed by atoms with Crippen molar-refractivity contribution in [3.63, 3.8) is 0 Å². The molecule has 4 heteroatoms. The third-order valence-electron chi connectivity index (χ3n) is 2.45. The van der Waals surface area contributed by atoms with Crippen LogP contribution in [0.15, 0.2) is 12.4 Å². The number of aryl methyl sites for hydroxylation is 1. The zero-order chi connectivity index (χ0) is 12.3. The molecule has 1 heterocycles. The topological polar surface area (TPSA) is 44.1 Å². The summed E-state index contributed by atoms with van der Waals surface area (Å²) in [6.45, 7) is 6.01. The zero-order valence-electron chi connectivity index (χ0n) is 10.7. The van der Waals surface area contributed by atoms with Crippen LogP contribution in [-0.2, 0) is 23.0 Å². The second-order valence-electron chi connectivity index (χ2n) is 5.15. The van der Waals surface area contributed by atoms with Gasteiger partial charge in [-0.2, -0.15) is 5.10 Å². The Hall–Kier alpha value is -1.16. The molecule has 0 N–H and O–H groups in total. The molecular weight excluding hydrogens is 204 g/mol. The van der Waals surface area contributed by atoms with E-state index in [4.69, 9.17) is 4.74 Å². The van der Waals surface area contributed by atoms with Crippen LogP contribution in [0.25, 0.3) is 0 Å². The number of Topliss-reactive ketones (excluding diaryl/α,β-unsaturated/α-hetero) is 1. The zero-order valence-corrected chi connectivity index (χ0v) is 10.7. The van der Waals surface area contributed by atoms with Crippen LogP contribution in [-0.4, -0.2) is 28.8 Å². The number of carbonyl (C=O) groups is 1. The molecule has 4 nitrogen and oxygen atoms in total. The fraction of sp³-hybridized carbons (Fsp3) is 0.667. The second kappa shape index (κ2) is 4.78. The summed E-state index contributed by atoms with van der Waals surface area (Å²) >= 11 is 0. The first kappa shape index (κ1) is 12.9. The van der Waals surface area contributed by atoms with Crippen LogP contribution in [0.5, 0.6) is 0 Å². The molecule has 1 unspecified atom stereocenters. The van der Waals surface area contributed by atoms with Crippen LogP contribution in [0.1, 0.15) is 26.3 Å². The van der Waals surface area contributed by atoms with Gasteiger partial charge in [0.25, 0.3) is 0 Å². The minimum Gasteiger partial charge on any atom is -0.373 e. The van der Waals surface area contributed by atoms with Gasteiger partial charge in [-0.3, -0.25) is 9.48 Å². The van der Waals surface area contributed by atoms with Crippen molar-refractivity contribution in [1.29, 1.82) is 0 Å². The van der Waals surface area contributed by atoms with Crippen LogP contribution in [0.4, 0.5) is 0 Å². The third kappa shape index (κ3) is 3.17. The molecule has 0 aliphatic heterocycles. The average Bonchev–Trinajstić information content (AvgIpc) is 2.49. The molecule has 0 aliphatic carbocycles. The van der Waals surface area contributed by atoms with Gasteiger partial charge in [-0.15, -0.1) is 0 Å². The van der Waals surface area contributed by atoms with Crippen molar-refractivity contribution in [2.75, 3.05) is 7.11 Å². The Labute approximate surface area is 96.6 Å². The predicted octanol–water partition coefficient (Wildman–Crippen LogP) is 1.59. The fourth-order valence-corrected chi connectivity index (χ4v) is 1.83. The Balaban J connectivity index is 2.71. The predicted molar refractivity (Wildman–Crippen MR) is 62.2 cm³/mol. The minimum atomic E-state index is -0.368. The Kier molecular flexibility index (Phi) is 3.86. The molecule has 0 saturated carbocycles. The standard InChI is InChI=1S/C12H20N2O2/c1-12(2,3)11(16-5)10(15)6-9-7-13-14(4)8-9/h7-8,11H,6H2,1-5H3. The SMILES string of the molecule is COC(C(=O)Cc1cnn(C)c1)C(C)(C)C. The summed E-state index contributed by atoms with van der Waals surface area (Å²) in [6.07, 6.45) is 3.58. The number of hydrogen-bond acceptors (Lipinski definition) is 3. The number of hydrogen-bond donors (Lipinski definition) is 0. The lowest BCUT2D eigenvalue weighted by molar-refractivity contribution is -0.134. The summed E-state index contributed by atoms with van der Waals surface area (Å²) in [6, 6.07) is 0. The average molecular weight is 224 g/mol. The lowest BCUT2D eigenvalue weighted by Crippen LogP contribution is -2.37. The van der Waals surface area contributed by atoms with Gasteiger partial charge in [0.15, 0.2) is 5.78 Å². The number of carbonyl (C=O) groups excluding carboxylic acids is 1. The molecule has 16 heavy (non-hydrogen) atoms. The first-order valence-electron chi connectivity index (χ1n) is 5.37. The number of methoxy groups -OCH3 is 1. The summed E-state index contributed by atoms with van der Waals surface area (Å²) in [4.78, 5) is 12.0. The van der Waals surface area contributed by atoms with Gasteiger partial charge in [0.1, 0.15) is 6.10 Å². The molecule has 0 bridgehead atoms. The summed E-state index contributed by atoms with van der Waals surface area (Å²) in [5.74, 6) is 0.100. The van der Waals surface area contributed by atoms with Crippen LogP contribution in [0.3, 0.4) is 0 Å². The first-order chi connectivity index (χ1) is 7.34.